The Morgan fingerprint density at radius 2 is 1.68 bits per heavy atom. The number of ketones is 1. The molecule has 0 saturated carbocycles. The largest absolute Gasteiger partial charge is 0.326 e. The van der Waals surface area contributed by atoms with Gasteiger partial charge in [0, 0.05) is 29.6 Å². The first-order chi connectivity index (χ1) is 11.9. The van der Waals surface area contributed by atoms with Crippen molar-refractivity contribution in [2.45, 2.75) is 31.3 Å². The van der Waals surface area contributed by atoms with E-state index < -0.39 is 0 Å². The third-order valence-electron chi connectivity index (χ3n) is 4.12. The lowest BCUT2D eigenvalue weighted by Gasteiger charge is -2.24. The number of carbonyl (C=O) groups excluding carboxylic acids is 2. The van der Waals surface area contributed by atoms with Gasteiger partial charge in [0.25, 0.3) is 0 Å². The summed E-state index contributed by atoms with van der Waals surface area (Å²) in [6.45, 7) is 4.09. The lowest BCUT2D eigenvalue weighted by molar-refractivity contribution is -0.114. The molecule has 0 heterocycles. The predicted molar refractivity (Wildman–Crippen MR) is 104 cm³/mol. The molecule has 5 heteroatoms. The average Bonchev–Trinajstić information content (AvgIpc) is 2.61. The molecule has 0 saturated heterocycles. The Balaban J connectivity index is 2.01. The standard InChI is InChI=1S/C20H24N2O2S/c1-14(22(3)13-16-5-11-19(25-4)12-6-16)20(24)17-7-9-18(10-8-17)21-15(2)23/h5-12,14H,13H2,1-4H3,(H,21,23). The highest BCUT2D eigenvalue weighted by molar-refractivity contribution is 7.98. The van der Waals surface area contributed by atoms with Crippen LogP contribution in [0.2, 0.25) is 0 Å². The number of Topliss-reactive ketones (excluding diaryl/α,β-unsaturated/α-hetero) is 1. The van der Waals surface area contributed by atoms with E-state index >= 15 is 0 Å². The van der Waals surface area contributed by atoms with Gasteiger partial charge < -0.3 is 5.32 Å². The van der Waals surface area contributed by atoms with Gasteiger partial charge in [0.2, 0.25) is 5.91 Å². The quantitative estimate of drug-likeness (QED) is 0.600. The summed E-state index contributed by atoms with van der Waals surface area (Å²) in [5, 5.41) is 2.70. The summed E-state index contributed by atoms with van der Waals surface area (Å²) < 4.78 is 0. The zero-order valence-electron chi connectivity index (χ0n) is 15.1. The van der Waals surface area contributed by atoms with Gasteiger partial charge in [0.15, 0.2) is 5.78 Å². The van der Waals surface area contributed by atoms with E-state index in [2.05, 4.69) is 35.8 Å². The lowest BCUT2D eigenvalue weighted by Crippen LogP contribution is -2.35. The van der Waals surface area contributed by atoms with Crippen LogP contribution >= 0.6 is 11.8 Å². The van der Waals surface area contributed by atoms with Crippen LogP contribution in [0.3, 0.4) is 0 Å². The van der Waals surface area contributed by atoms with Crippen molar-refractivity contribution < 1.29 is 9.59 Å². The average molecular weight is 356 g/mol. The smallest absolute Gasteiger partial charge is 0.221 e. The van der Waals surface area contributed by atoms with Gasteiger partial charge in [-0.3, -0.25) is 14.5 Å². The molecule has 1 unspecified atom stereocenters. The van der Waals surface area contributed by atoms with Crippen molar-refractivity contribution in [3.8, 4) is 0 Å². The van der Waals surface area contributed by atoms with Crippen molar-refractivity contribution in [3.63, 3.8) is 0 Å². The Morgan fingerprint density at radius 3 is 2.20 bits per heavy atom. The fourth-order valence-electron chi connectivity index (χ4n) is 2.52. The molecule has 2 aromatic rings. The van der Waals surface area contributed by atoms with Crippen LogP contribution in [0.4, 0.5) is 5.69 Å². The maximum atomic E-state index is 12.7. The Hall–Kier alpha value is -2.11. The van der Waals surface area contributed by atoms with Gasteiger partial charge >= 0.3 is 0 Å². The summed E-state index contributed by atoms with van der Waals surface area (Å²) in [5.41, 5.74) is 2.52. The van der Waals surface area contributed by atoms with Crippen LogP contribution in [0.25, 0.3) is 0 Å². The first kappa shape index (κ1) is 19.2. The highest BCUT2D eigenvalue weighted by Gasteiger charge is 2.19. The Labute approximate surface area is 153 Å². The molecular weight excluding hydrogens is 332 g/mol. The van der Waals surface area contributed by atoms with Gasteiger partial charge in [-0.2, -0.15) is 0 Å². The molecule has 132 valence electrons. The highest BCUT2D eigenvalue weighted by atomic mass is 32.2. The maximum absolute atomic E-state index is 12.7. The summed E-state index contributed by atoms with van der Waals surface area (Å²) >= 11 is 1.72. The third-order valence-corrected chi connectivity index (χ3v) is 4.86. The number of likely N-dealkylation sites (N-methyl/N-ethyl adjacent to an activating group) is 1. The molecule has 0 aliphatic carbocycles. The number of hydrogen-bond donors (Lipinski definition) is 1. The van der Waals surface area contributed by atoms with E-state index in [1.54, 1.807) is 36.0 Å². The van der Waals surface area contributed by atoms with Crippen LogP contribution in [0, 0.1) is 0 Å². The molecule has 4 nitrogen and oxygen atoms in total. The second kappa shape index (κ2) is 8.83. The van der Waals surface area contributed by atoms with E-state index in [0.29, 0.717) is 17.8 Å². The molecule has 0 aliphatic heterocycles. The van der Waals surface area contributed by atoms with E-state index in [-0.39, 0.29) is 17.7 Å². The minimum atomic E-state index is -0.230. The fraction of sp³-hybridized carbons (Fsp3) is 0.300. The van der Waals surface area contributed by atoms with E-state index in [4.69, 9.17) is 0 Å². The second-order valence-electron chi connectivity index (χ2n) is 6.06. The molecule has 1 amide bonds. The molecule has 0 bridgehead atoms. The number of anilines is 1. The third kappa shape index (κ3) is 5.44. The van der Waals surface area contributed by atoms with Crippen LogP contribution in [-0.2, 0) is 11.3 Å². The van der Waals surface area contributed by atoms with Crippen LogP contribution in [0.15, 0.2) is 53.4 Å². The second-order valence-corrected chi connectivity index (χ2v) is 6.94. The van der Waals surface area contributed by atoms with Crippen LogP contribution in [0.5, 0.6) is 0 Å². The lowest BCUT2D eigenvalue weighted by atomic mass is 10.0. The molecule has 2 aromatic carbocycles. The number of thioether (sulfide) groups is 1. The van der Waals surface area contributed by atoms with Gasteiger partial charge in [0.1, 0.15) is 0 Å². The van der Waals surface area contributed by atoms with Crippen molar-refractivity contribution in [2.24, 2.45) is 0 Å². The van der Waals surface area contributed by atoms with Crippen LogP contribution in [0.1, 0.15) is 29.8 Å². The number of amides is 1. The molecule has 0 spiro atoms. The topological polar surface area (TPSA) is 49.4 Å². The summed E-state index contributed by atoms with van der Waals surface area (Å²) in [6, 6.07) is 15.2. The van der Waals surface area contributed by atoms with E-state index in [1.165, 1.54) is 17.4 Å². The molecule has 1 N–H and O–H groups in total. The molecule has 25 heavy (non-hydrogen) atoms. The number of carbonyl (C=O) groups is 2. The van der Waals surface area contributed by atoms with Gasteiger partial charge in [-0.05, 0) is 62.2 Å². The van der Waals surface area contributed by atoms with Gasteiger partial charge in [-0.15, -0.1) is 11.8 Å². The van der Waals surface area contributed by atoms with Gasteiger partial charge in [0.05, 0.1) is 6.04 Å². The van der Waals surface area contributed by atoms with E-state index in [1.807, 2.05) is 18.9 Å². The minimum absolute atomic E-state index is 0.0672. The SMILES string of the molecule is CSc1ccc(CN(C)C(C)C(=O)c2ccc(NC(C)=O)cc2)cc1. The van der Waals surface area contributed by atoms with Gasteiger partial charge in [-0.25, -0.2) is 0 Å². The van der Waals surface area contributed by atoms with Crippen molar-refractivity contribution >= 4 is 29.1 Å². The molecular formula is C20H24N2O2S. The van der Waals surface area contributed by atoms with Crippen LogP contribution < -0.4 is 5.32 Å². The van der Waals surface area contributed by atoms with Gasteiger partial charge in [-0.1, -0.05) is 12.1 Å². The molecule has 0 fully saturated rings. The normalized spacial score (nSPS) is 12.0. The van der Waals surface area contributed by atoms with Crippen molar-refractivity contribution in [2.75, 3.05) is 18.6 Å². The highest BCUT2D eigenvalue weighted by Crippen LogP contribution is 2.17. The summed E-state index contributed by atoms with van der Waals surface area (Å²) in [7, 11) is 1.96. The van der Waals surface area contributed by atoms with Crippen molar-refractivity contribution in [1.29, 1.82) is 0 Å². The summed E-state index contributed by atoms with van der Waals surface area (Å²) in [6.07, 6.45) is 2.05. The zero-order valence-corrected chi connectivity index (χ0v) is 15.9. The monoisotopic (exact) mass is 356 g/mol. The molecule has 0 radical (unpaired) electrons. The van der Waals surface area contributed by atoms with Crippen molar-refractivity contribution in [1.82, 2.24) is 4.90 Å². The Morgan fingerprint density at radius 1 is 1.08 bits per heavy atom. The molecule has 1 atom stereocenters. The van der Waals surface area contributed by atoms with E-state index in [9.17, 15) is 9.59 Å². The fourth-order valence-corrected chi connectivity index (χ4v) is 2.93. The zero-order chi connectivity index (χ0) is 18.4. The minimum Gasteiger partial charge on any atom is -0.326 e. The summed E-state index contributed by atoms with van der Waals surface area (Å²) in [5.74, 6) is -0.0581. The first-order valence-corrected chi connectivity index (χ1v) is 9.38. The predicted octanol–water partition coefficient (Wildman–Crippen LogP) is 4.07. The maximum Gasteiger partial charge on any atom is 0.221 e. The van der Waals surface area contributed by atoms with Crippen molar-refractivity contribution in [3.05, 3.63) is 59.7 Å². The van der Waals surface area contributed by atoms with Crippen LogP contribution in [-0.4, -0.2) is 35.9 Å². The number of nitrogens with zero attached hydrogens (tertiary/aromatic N) is 1. The molecule has 0 aromatic heterocycles. The number of hydrogen-bond acceptors (Lipinski definition) is 4. The molecule has 2 rings (SSSR count). The Kier molecular flexibility index (Phi) is 6.79. The first-order valence-electron chi connectivity index (χ1n) is 8.15. The van der Waals surface area contributed by atoms with E-state index in [0.717, 1.165) is 0 Å². The molecule has 0 aliphatic rings. The Bertz CT molecular complexity index is 726. The number of rotatable bonds is 7. The summed E-state index contributed by atoms with van der Waals surface area (Å²) in [4.78, 5) is 27.0. The number of nitrogens with one attached hydrogen (secondary N) is 1. The number of benzene rings is 2.